The average Bonchev–Trinajstić information content (AvgIpc) is 2.99. The predicted octanol–water partition coefficient (Wildman–Crippen LogP) is 2.69. The molecule has 8 nitrogen and oxygen atoms in total. The first-order valence-electron chi connectivity index (χ1n) is 10.9. The van der Waals surface area contributed by atoms with Gasteiger partial charge in [0.1, 0.15) is 11.6 Å². The molecular weight excluding hydrogens is 398 g/mol. The van der Waals surface area contributed by atoms with Crippen LogP contribution in [0.1, 0.15) is 74.4 Å². The number of carbonyl (C=O) groups excluding carboxylic acids is 4. The highest BCUT2D eigenvalue weighted by atomic mass is 16.6. The lowest BCUT2D eigenvalue weighted by Crippen LogP contribution is -2.52. The molecule has 0 bridgehead atoms. The van der Waals surface area contributed by atoms with Gasteiger partial charge in [0.25, 0.3) is 5.91 Å². The van der Waals surface area contributed by atoms with Gasteiger partial charge in [-0.3, -0.25) is 19.7 Å². The van der Waals surface area contributed by atoms with Gasteiger partial charge >= 0.3 is 6.09 Å². The lowest BCUT2D eigenvalue weighted by atomic mass is 10.0. The Morgan fingerprint density at radius 3 is 2.68 bits per heavy atom. The summed E-state index contributed by atoms with van der Waals surface area (Å²) in [6.45, 7) is 6.48. The number of hydrogen-bond acceptors (Lipinski definition) is 5. The molecule has 4 amide bonds. The van der Waals surface area contributed by atoms with Gasteiger partial charge in [-0.05, 0) is 63.6 Å². The highest BCUT2D eigenvalue weighted by Crippen LogP contribution is 2.28. The van der Waals surface area contributed by atoms with Crippen molar-refractivity contribution >= 4 is 23.8 Å². The van der Waals surface area contributed by atoms with Crippen LogP contribution in [-0.2, 0) is 27.3 Å². The average molecular weight is 430 g/mol. The number of ether oxygens (including phenoxy) is 1. The third kappa shape index (κ3) is 6.06. The van der Waals surface area contributed by atoms with E-state index in [-0.39, 0.29) is 18.2 Å². The molecule has 0 radical (unpaired) electrons. The molecule has 1 aromatic carbocycles. The summed E-state index contributed by atoms with van der Waals surface area (Å²) in [5.41, 5.74) is 2.22. The van der Waals surface area contributed by atoms with E-state index in [1.165, 1.54) is 0 Å². The first-order chi connectivity index (χ1) is 14.6. The molecule has 0 aromatic heterocycles. The van der Waals surface area contributed by atoms with Crippen LogP contribution in [0, 0.1) is 0 Å². The van der Waals surface area contributed by atoms with Crippen molar-refractivity contribution in [3.05, 3.63) is 34.9 Å². The summed E-state index contributed by atoms with van der Waals surface area (Å²) in [6, 6.07) is 5.25. The van der Waals surface area contributed by atoms with Crippen LogP contribution < -0.4 is 10.6 Å². The van der Waals surface area contributed by atoms with Crippen molar-refractivity contribution in [3.8, 4) is 0 Å². The molecule has 2 aliphatic heterocycles. The molecule has 0 saturated carbocycles. The lowest BCUT2D eigenvalue weighted by Gasteiger charge is -2.29. The number of imide groups is 1. The molecule has 2 aliphatic rings. The molecule has 1 unspecified atom stereocenters. The van der Waals surface area contributed by atoms with Crippen molar-refractivity contribution in [2.45, 2.75) is 77.5 Å². The van der Waals surface area contributed by atoms with Crippen LogP contribution in [0.25, 0.3) is 0 Å². The number of hydrogen-bond donors (Lipinski definition) is 2. The topological polar surface area (TPSA) is 105 Å². The number of nitrogens with zero attached hydrogens (tertiary/aromatic N) is 1. The Morgan fingerprint density at radius 2 is 1.97 bits per heavy atom. The fraction of sp³-hybridized carbons (Fsp3) is 0.565. The predicted molar refractivity (Wildman–Crippen MR) is 114 cm³/mol. The minimum absolute atomic E-state index is 0.149. The van der Waals surface area contributed by atoms with E-state index in [1.807, 2.05) is 39.0 Å². The third-order valence-corrected chi connectivity index (χ3v) is 5.40. The minimum Gasteiger partial charge on any atom is -0.444 e. The van der Waals surface area contributed by atoms with Crippen LogP contribution in [0.3, 0.4) is 0 Å². The molecule has 168 valence electrons. The molecule has 3 rings (SSSR count). The van der Waals surface area contributed by atoms with E-state index >= 15 is 0 Å². The number of carbonyl (C=O) groups is 4. The van der Waals surface area contributed by atoms with E-state index in [9.17, 15) is 19.2 Å². The Hall–Kier alpha value is -2.90. The Labute approximate surface area is 182 Å². The van der Waals surface area contributed by atoms with Crippen molar-refractivity contribution in [2.75, 3.05) is 6.54 Å². The van der Waals surface area contributed by atoms with Gasteiger partial charge in [0.05, 0.1) is 0 Å². The maximum absolute atomic E-state index is 12.7. The van der Waals surface area contributed by atoms with Gasteiger partial charge in [0, 0.05) is 25.1 Å². The molecule has 0 spiro atoms. The normalized spacial score (nSPS) is 18.6. The second kappa shape index (κ2) is 9.49. The Morgan fingerprint density at radius 1 is 1.19 bits per heavy atom. The summed E-state index contributed by atoms with van der Waals surface area (Å²) in [5.74, 6) is -0.823. The Bertz CT molecular complexity index is 874. The van der Waals surface area contributed by atoms with E-state index in [1.54, 1.807) is 4.90 Å². The molecule has 2 N–H and O–H groups in total. The van der Waals surface area contributed by atoms with Gasteiger partial charge in [-0.15, -0.1) is 0 Å². The number of piperidine rings is 1. The first-order valence-corrected chi connectivity index (χ1v) is 10.9. The molecule has 8 heteroatoms. The van der Waals surface area contributed by atoms with E-state index < -0.39 is 23.6 Å². The third-order valence-electron chi connectivity index (χ3n) is 5.40. The standard InChI is InChI=1S/C23H31N3O5/c1-23(2,3)31-22(30)24-12-6-4-5-7-15-8-9-17-16(13-15)14-26(21(17)29)18-10-11-19(27)25-20(18)28/h8-9,13,18H,4-7,10-12,14H2,1-3H3,(H,24,30)(H,25,27,28). The summed E-state index contributed by atoms with van der Waals surface area (Å²) in [4.78, 5) is 49.4. The second-order valence-corrected chi connectivity index (χ2v) is 9.13. The summed E-state index contributed by atoms with van der Waals surface area (Å²) in [5, 5.41) is 5.08. The fourth-order valence-corrected chi connectivity index (χ4v) is 3.92. The van der Waals surface area contributed by atoms with Gasteiger partial charge in [0.15, 0.2) is 0 Å². The second-order valence-electron chi connectivity index (χ2n) is 9.13. The Kier molecular flexibility index (Phi) is 6.97. The number of amides is 4. The highest BCUT2D eigenvalue weighted by molar-refractivity contribution is 6.05. The van der Waals surface area contributed by atoms with Crippen molar-refractivity contribution in [2.24, 2.45) is 0 Å². The monoisotopic (exact) mass is 429 g/mol. The zero-order valence-corrected chi connectivity index (χ0v) is 18.5. The zero-order chi connectivity index (χ0) is 22.6. The number of unbranched alkanes of at least 4 members (excludes halogenated alkanes) is 2. The molecule has 1 saturated heterocycles. The van der Waals surface area contributed by atoms with Gasteiger partial charge in [-0.2, -0.15) is 0 Å². The number of rotatable bonds is 7. The Balaban J connectivity index is 1.44. The van der Waals surface area contributed by atoms with Gasteiger partial charge in [-0.1, -0.05) is 18.6 Å². The van der Waals surface area contributed by atoms with Crippen molar-refractivity contribution in [1.82, 2.24) is 15.5 Å². The summed E-state index contributed by atoms with van der Waals surface area (Å²) in [6.07, 6.45) is 3.92. The molecular formula is C23H31N3O5. The van der Waals surface area contributed by atoms with Crippen LogP contribution in [0.15, 0.2) is 18.2 Å². The highest BCUT2D eigenvalue weighted by Gasteiger charge is 2.38. The molecule has 1 aromatic rings. The SMILES string of the molecule is CC(C)(C)OC(=O)NCCCCCc1ccc2c(c1)CN(C1CCC(=O)NC1=O)C2=O. The molecule has 2 heterocycles. The van der Waals surface area contributed by atoms with Crippen LogP contribution in [0.5, 0.6) is 0 Å². The van der Waals surface area contributed by atoms with Crippen LogP contribution >= 0.6 is 0 Å². The number of aryl methyl sites for hydroxylation is 1. The van der Waals surface area contributed by atoms with Gasteiger partial charge < -0.3 is 15.0 Å². The van der Waals surface area contributed by atoms with E-state index in [0.29, 0.717) is 25.1 Å². The quantitative estimate of drug-likeness (QED) is 0.512. The summed E-state index contributed by atoms with van der Waals surface area (Å²) in [7, 11) is 0. The van der Waals surface area contributed by atoms with Crippen LogP contribution in [-0.4, -0.2) is 46.9 Å². The smallest absolute Gasteiger partial charge is 0.407 e. The largest absolute Gasteiger partial charge is 0.444 e. The van der Waals surface area contributed by atoms with Crippen LogP contribution in [0.4, 0.5) is 4.79 Å². The molecule has 1 atom stereocenters. The van der Waals surface area contributed by atoms with Gasteiger partial charge in [0.2, 0.25) is 11.8 Å². The zero-order valence-electron chi connectivity index (χ0n) is 18.5. The fourth-order valence-electron chi connectivity index (χ4n) is 3.92. The number of alkyl carbamates (subject to hydrolysis) is 1. The van der Waals surface area contributed by atoms with Crippen LogP contribution in [0.2, 0.25) is 0 Å². The first kappa shape index (κ1) is 22.8. The van der Waals surface area contributed by atoms with Gasteiger partial charge in [-0.25, -0.2) is 4.79 Å². The van der Waals surface area contributed by atoms with E-state index in [4.69, 9.17) is 4.74 Å². The molecule has 0 aliphatic carbocycles. The number of benzene rings is 1. The number of nitrogens with one attached hydrogen (secondary N) is 2. The number of fused-ring (bicyclic) bond motifs is 1. The molecule has 31 heavy (non-hydrogen) atoms. The van der Waals surface area contributed by atoms with E-state index in [2.05, 4.69) is 10.6 Å². The van der Waals surface area contributed by atoms with Crippen molar-refractivity contribution < 1.29 is 23.9 Å². The molecule has 1 fully saturated rings. The van der Waals surface area contributed by atoms with Crippen molar-refractivity contribution in [3.63, 3.8) is 0 Å². The minimum atomic E-state index is -0.585. The maximum Gasteiger partial charge on any atom is 0.407 e. The summed E-state index contributed by atoms with van der Waals surface area (Å²) < 4.78 is 5.21. The lowest BCUT2D eigenvalue weighted by molar-refractivity contribution is -0.136. The van der Waals surface area contributed by atoms with Crippen molar-refractivity contribution in [1.29, 1.82) is 0 Å². The summed E-state index contributed by atoms with van der Waals surface area (Å²) >= 11 is 0. The maximum atomic E-state index is 12.7. The van der Waals surface area contributed by atoms with E-state index in [0.717, 1.165) is 36.8 Å².